The highest BCUT2D eigenvalue weighted by Gasteiger charge is 2.27. The summed E-state index contributed by atoms with van der Waals surface area (Å²) in [6, 6.07) is 9.46. The van der Waals surface area contributed by atoms with Crippen LogP contribution in [-0.4, -0.2) is 57.3 Å². The number of aromatic nitrogens is 2. The second-order valence-electron chi connectivity index (χ2n) is 9.18. The van der Waals surface area contributed by atoms with Gasteiger partial charge in [-0.15, -0.1) is 0 Å². The quantitative estimate of drug-likeness (QED) is 0.565. The first kappa shape index (κ1) is 21.8. The van der Waals surface area contributed by atoms with Crippen LogP contribution in [0.4, 0.5) is 0 Å². The number of nitrogens with one attached hydrogen (secondary N) is 1. The fourth-order valence-electron chi connectivity index (χ4n) is 4.96. The number of H-pyrrole nitrogens is 1. The van der Waals surface area contributed by atoms with Crippen molar-refractivity contribution in [2.75, 3.05) is 26.2 Å². The number of ether oxygens (including phenoxy) is 1. The number of hydrogen-bond donors (Lipinski definition) is 2. The van der Waals surface area contributed by atoms with Crippen LogP contribution in [0.15, 0.2) is 30.3 Å². The monoisotopic (exact) mass is 448 g/mol. The lowest BCUT2D eigenvalue weighted by atomic mass is 10.1. The second-order valence-corrected chi connectivity index (χ2v) is 9.18. The number of piperidine rings is 1. The molecule has 0 atom stereocenters. The van der Waals surface area contributed by atoms with Crippen LogP contribution in [0, 0.1) is 0 Å². The predicted octanol–water partition coefficient (Wildman–Crippen LogP) is 4.24. The van der Waals surface area contributed by atoms with E-state index >= 15 is 0 Å². The fraction of sp³-hybridized carbons (Fsp3) is 0.462. The molecular weight excluding hydrogens is 416 g/mol. The Hall–Kier alpha value is -3.06. The zero-order chi connectivity index (χ0) is 22.8. The highest BCUT2D eigenvalue weighted by Crippen LogP contribution is 2.32. The number of aromatic amines is 1. The first-order chi connectivity index (χ1) is 16.1. The normalized spacial score (nSPS) is 16.3. The molecule has 3 heterocycles. The third-order valence-electron chi connectivity index (χ3n) is 6.79. The van der Waals surface area contributed by atoms with Crippen LogP contribution in [0.2, 0.25) is 0 Å². The van der Waals surface area contributed by atoms with Crippen LogP contribution < -0.4 is 4.74 Å². The Labute approximate surface area is 194 Å². The van der Waals surface area contributed by atoms with E-state index in [0.717, 1.165) is 47.3 Å². The Bertz CT molecular complexity index is 1150. The molecule has 1 amide bonds. The van der Waals surface area contributed by atoms with E-state index < -0.39 is 0 Å². The van der Waals surface area contributed by atoms with Gasteiger partial charge in [-0.25, -0.2) is 0 Å². The summed E-state index contributed by atoms with van der Waals surface area (Å²) in [6.45, 7) is 7.13. The molecule has 0 spiro atoms. The number of likely N-dealkylation sites (tertiary alicyclic amines) is 1. The Balaban J connectivity index is 1.26. The molecule has 174 valence electrons. The molecule has 0 bridgehead atoms. The summed E-state index contributed by atoms with van der Waals surface area (Å²) in [5.41, 5.74) is 4.24. The van der Waals surface area contributed by atoms with Crippen molar-refractivity contribution in [3.8, 4) is 11.5 Å². The van der Waals surface area contributed by atoms with Crippen LogP contribution in [-0.2, 0) is 19.5 Å². The molecule has 2 aromatic carbocycles. The first-order valence-corrected chi connectivity index (χ1v) is 12.1. The number of benzene rings is 2. The molecule has 0 saturated carbocycles. The smallest absolute Gasteiger partial charge is 0.258 e. The van der Waals surface area contributed by atoms with Crippen molar-refractivity contribution in [1.29, 1.82) is 0 Å². The van der Waals surface area contributed by atoms with Crippen molar-refractivity contribution in [2.24, 2.45) is 0 Å². The van der Waals surface area contributed by atoms with E-state index in [9.17, 15) is 9.90 Å². The summed E-state index contributed by atoms with van der Waals surface area (Å²) in [5.74, 6) is 0.661. The number of phenols is 1. The number of amides is 1. The largest absolute Gasteiger partial charge is 0.507 e. The minimum absolute atomic E-state index is 0.0280. The maximum Gasteiger partial charge on any atom is 0.258 e. The number of aryl methyl sites for hydroxylation is 1. The molecule has 0 unspecified atom stereocenters. The van der Waals surface area contributed by atoms with Crippen molar-refractivity contribution < 1.29 is 14.6 Å². The van der Waals surface area contributed by atoms with Gasteiger partial charge in [-0.3, -0.25) is 14.8 Å². The van der Waals surface area contributed by atoms with Crippen LogP contribution in [0.5, 0.6) is 11.5 Å². The highest BCUT2D eigenvalue weighted by molar-refractivity contribution is 6.01. The number of fused-ring (bicyclic) bond motifs is 2. The number of carbonyl (C=O) groups excluding carboxylic acids is 1. The molecule has 33 heavy (non-hydrogen) atoms. The summed E-state index contributed by atoms with van der Waals surface area (Å²) in [4.78, 5) is 17.5. The van der Waals surface area contributed by atoms with Crippen molar-refractivity contribution in [3.05, 3.63) is 52.7 Å². The number of hydrogen-bond acceptors (Lipinski definition) is 5. The van der Waals surface area contributed by atoms with Crippen LogP contribution in [0.3, 0.4) is 0 Å². The molecule has 2 aliphatic rings. The second kappa shape index (κ2) is 9.43. The zero-order valence-electron chi connectivity index (χ0n) is 19.3. The van der Waals surface area contributed by atoms with Gasteiger partial charge in [0.1, 0.15) is 18.1 Å². The molecule has 1 aromatic heterocycles. The molecule has 5 rings (SSSR count). The van der Waals surface area contributed by atoms with Crippen molar-refractivity contribution in [2.45, 2.75) is 52.1 Å². The Morgan fingerprint density at radius 3 is 2.76 bits per heavy atom. The van der Waals surface area contributed by atoms with E-state index in [0.29, 0.717) is 30.8 Å². The lowest BCUT2D eigenvalue weighted by Crippen LogP contribution is -2.33. The topological polar surface area (TPSA) is 81.7 Å². The Morgan fingerprint density at radius 1 is 1.12 bits per heavy atom. The van der Waals surface area contributed by atoms with Crippen molar-refractivity contribution in [3.63, 3.8) is 0 Å². The van der Waals surface area contributed by atoms with Gasteiger partial charge in [0.25, 0.3) is 5.91 Å². The van der Waals surface area contributed by atoms with Gasteiger partial charge in [-0.05, 0) is 61.7 Å². The molecule has 1 saturated heterocycles. The number of aromatic hydroxyl groups is 1. The molecule has 7 heteroatoms. The maximum atomic E-state index is 13.3. The van der Waals surface area contributed by atoms with E-state index in [2.05, 4.69) is 34.2 Å². The lowest BCUT2D eigenvalue weighted by molar-refractivity contribution is 0.0748. The zero-order valence-corrected chi connectivity index (χ0v) is 19.3. The minimum Gasteiger partial charge on any atom is -0.507 e. The molecule has 7 nitrogen and oxygen atoms in total. The molecule has 1 fully saturated rings. The van der Waals surface area contributed by atoms with E-state index in [-0.39, 0.29) is 11.7 Å². The molecule has 0 aliphatic carbocycles. The minimum atomic E-state index is -0.165. The van der Waals surface area contributed by atoms with Gasteiger partial charge >= 0.3 is 0 Å². The van der Waals surface area contributed by atoms with Crippen molar-refractivity contribution >= 4 is 16.8 Å². The van der Waals surface area contributed by atoms with E-state index in [4.69, 9.17) is 4.74 Å². The molecule has 2 aliphatic heterocycles. The number of phenolic OH excluding ortho intramolecular Hbond substituents is 1. The third-order valence-corrected chi connectivity index (χ3v) is 6.79. The van der Waals surface area contributed by atoms with E-state index in [1.807, 2.05) is 6.07 Å². The lowest BCUT2D eigenvalue weighted by Gasteiger charge is -2.26. The van der Waals surface area contributed by atoms with Gasteiger partial charge in [0.2, 0.25) is 0 Å². The summed E-state index contributed by atoms with van der Waals surface area (Å²) < 4.78 is 6.01. The Kier molecular flexibility index (Phi) is 6.22. The maximum absolute atomic E-state index is 13.3. The number of nitrogens with zero attached hydrogens (tertiary/aromatic N) is 3. The fourth-order valence-corrected chi connectivity index (χ4v) is 4.96. The summed E-state index contributed by atoms with van der Waals surface area (Å²) in [6.07, 6.45) is 5.73. The number of carbonyl (C=O) groups is 1. The van der Waals surface area contributed by atoms with Crippen LogP contribution >= 0.6 is 0 Å². The SMILES string of the molecule is CCCc1[nH]nc2cc(O)c(C(=O)N3Cc4ccc(OCCN5CCCCC5)cc4C3)cc12. The average Bonchev–Trinajstić information content (AvgIpc) is 3.42. The van der Waals surface area contributed by atoms with Crippen LogP contribution in [0.1, 0.15) is 59.8 Å². The summed E-state index contributed by atoms with van der Waals surface area (Å²) in [5, 5.41) is 18.7. The summed E-state index contributed by atoms with van der Waals surface area (Å²) in [7, 11) is 0. The van der Waals surface area contributed by atoms with Gasteiger partial charge in [0.05, 0.1) is 11.1 Å². The van der Waals surface area contributed by atoms with Crippen molar-refractivity contribution in [1.82, 2.24) is 20.0 Å². The van der Waals surface area contributed by atoms with Gasteiger partial charge in [-0.2, -0.15) is 5.10 Å². The van der Waals surface area contributed by atoms with Gasteiger partial charge in [-0.1, -0.05) is 25.8 Å². The molecule has 3 aromatic rings. The number of rotatable bonds is 7. The van der Waals surface area contributed by atoms with E-state index in [1.165, 1.54) is 32.4 Å². The molecule has 0 radical (unpaired) electrons. The van der Waals surface area contributed by atoms with Gasteiger partial charge < -0.3 is 14.7 Å². The molecule has 2 N–H and O–H groups in total. The third kappa shape index (κ3) is 4.55. The summed E-state index contributed by atoms with van der Waals surface area (Å²) >= 11 is 0. The van der Waals surface area contributed by atoms with Gasteiger partial charge in [0, 0.05) is 36.8 Å². The predicted molar refractivity (Wildman–Crippen MR) is 128 cm³/mol. The Morgan fingerprint density at radius 2 is 1.94 bits per heavy atom. The van der Waals surface area contributed by atoms with Gasteiger partial charge in [0.15, 0.2) is 0 Å². The standard InChI is InChI=1S/C26H32N4O3/c1-2-6-23-21-14-22(25(31)15-24(21)28-27-23)26(32)30-16-18-7-8-20(13-19(18)17-30)33-12-11-29-9-4-3-5-10-29/h7-8,13-15,31H,2-6,9-12,16-17H2,1H3,(H,27,28). The first-order valence-electron chi connectivity index (χ1n) is 12.1. The average molecular weight is 449 g/mol. The van der Waals surface area contributed by atoms with E-state index in [1.54, 1.807) is 17.0 Å². The highest BCUT2D eigenvalue weighted by atomic mass is 16.5. The van der Waals surface area contributed by atoms with Crippen LogP contribution in [0.25, 0.3) is 10.9 Å². The molecular formula is C26H32N4O3.